The topological polar surface area (TPSA) is 64.4 Å². The number of nitrogens with one attached hydrogen (secondary N) is 1. The Labute approximate surface area is 137 Å². The number of rotatable bonds is 4. The number of nitrogens with zero attached hydrogens (tertiary/aromatic N) is 1. The first-order valence-corrected chi connectivity index (χ1v) is 7.27. The summed E-state index contributed by atoms with van der Waals surface area (Å²) in [5.41, 5.74) is 0.862. The lowest BCUT2D eigenvalue weighted by Crippen LogP contribution is -2.11. The molecule has 0 aliphatic carbocycles. The number of hydrogen-bond donors (Lipinski definition) is 1. The zero-order valence-electron chi connectivity index (χ0n) is 12.2. The third-order valence-corrected chi connectivity index (χ3v) is 3.35. The summed E-state index contributed by atoms with van der Waals surface area (Å²) < 4.78 is 10.6. The predicted octanol–water partition coefficient (Wildman–Crippen LogP) is 4.68. The Morgan fingerprint density at radius 3 is 2.57 bits per heavy atom. The smallest absolute Gasteiger partial charge is 0.277 e. The molecule has 5 nitrogen and oxygen atoms in total. The molecule has 2 aromatic carbocycles. The molecule has 0 saturated carbocycles. The Balaban J connectivity index is 1.67. The summed E-state index contributed by atoms with van der Waals surface area (Å²) in [6.07, 6.45) is 0. The van der Waals surface area contributed by atoms with E-state index in [2.05, 4.69) is 10.5 Å². The highest BCUT2D eigenvalue weighted by atomic mass is 35.5. The van der Waals surface area contributed by atoms with Crippen LogP contribution in [0.15, 0.2) is 59.1 Å². The van der Waals surface area contributed by atoms with Crippen molar-refractivity contribution in [3.8, 4) is 11.5 Å². The fraction of sp³-hybridized carbons (Fsp3) is 0.0588. The van der Waals surface area contributed by atoms with Gasteiger partial charge in [0.2, 0.25) is 0 Å². The monoisotopic (exact) mass is 328 g/mol. The highest BCUT2D eigenvalue weighted by molar-refractivity contribution is 6.32. The van der Waals surface area contributed by atoms with Crippen LogP contribution in [0.3, 0.4) is 0 Å². The van der Waals surface area contributed by atoms with E-state index in [9.17, 15) is 4.79 Å². The molecule has 0 atom stereocenters. The van der Waals surface area contributed by atoms with Crippen LogP contribution in [0.1, 0.15) is 16.2 Å². The molecular formula is C17H13ClN2O3. The molecular weight excluding hydrogens is 316 g/mol. The molecule has 116 valence electrons. The molecule has 0 bridgehead atoms. The summed E-state index contributed by atoms with van der Waals surface area (Å²) in [5.74, 6) is 1.44. The number of aromatic nitrogens is 1. The minimum atomic E-state index is -0.332. The highest BCUT2D eigenvalue weighted by Gasteiger charge is 2.11. The van der Waals surface area contributed by atoms with Gasteiger partial charge in [-0.1, -0.05) is 28.9 Å². The van der Waals surface area contributed by atoms with E-state index in [0.29, 0.717) is 28.0 Å². The number of benzene rings is 2. The molecule has 1 aromatic heterocycles. The van der Waals surface area contributed by atoms with Crippen molar-refractivity contribution >= 4 is 23.2 Å². The Morgan fingerprint density at radius 1 is 1.17 bits per heavy atom. The SMILES string of the molecule is Cc1cc(C(=O)Nc2ccc(Oc3ccccc3Cl)cc2)no1. The van der Waals surface area contributed by atoms with Crippen molar-refractivity contribution in [2.45, 2.75) is 6.92 Å². The van der Waals surface area contributed by atoms with Gasteiger partial charge in [-0.05, 0) is 43.3 Å². The Kier molecular flexibility index (Phi) is 4.30. The molecule has 0 fully saturated rings. The first-order valence-electron chi connectivity index (χ1n) is 6.89. The van der Waals surface area contributed by atoms with Gasteiger partial charge in [-0.15, -0.1) is 0 Å². The first kappa shape index (κ1) is 15.1. The van der Waals surface area contributed by atoms with Crippen LogP contribution in [-0.2, 0) is 0 Å². The largest absolute Gasteiger partial charge is 0.456 e. The van der Waals surface area contributed by atoms with Gasteiger partial charge in [0.25, 0.3) is 5.91 Å². The molecule has 1 amide bonds. The molecule has 0 aliphatic heterocycles. The molecule has 3 rings (SSSR count). The van der Waals surface area contributed by atoms with Crippen molar-refractivity contribution in [2.75, 3.05) is 5.32 Å². The summed E-state index contributed by atoms with van der Waals surface area (Å²) in [4.78, 5) is 12.0. The van der Waals surface area contributed by atoms with Gasteiger partial charge < -0.3 is 14.6 Å². The van der Waals surface area contributed by atoms with Crippen molar-refractivity contribution in [3.05, 3.63) is 71.1 Å². The average Bonchev–Trinajstić information content (AvgIpc) is 2.98. The lowest BCUT2D eigenvalue weighted by Gasteiger charge is -2.08. The van der Waals surface area contributed by atoms with Crippen molar-refractivity contribution in [2.24, 2.45) is 0 Å². The third kappa shape index (κ3) is 3.70. The van der Waals surface area contributed by atoms with Gasteiger partial charge in [0.15, 0.2) is 5.69 Å². The number of hydrogen-bond acceptors (Lipinski definition) is 4. The number of ether oxygens (including phenoxy) is 1. The fourth-order valence-electron chi connectivity index (χ4n) is 1.93. The molecule has 6 heteroatoms. The number of carbonyl (C=O) groups is 1. The van der Waals surface area contributed by atoms with Crippen LogP contribution >= 0.6 is 11.6 Å². The lowest BCUT2D eigenvalue weighted by atomic mass is 10.2. The van der Waals surface area contributed by atoms with Gasteiger partial charge in [-0.3, -0.25) is 4.79 Å². The molecule has 0 saturated heterocycles. The van der Waals surface area contributed by atoms with Crippen LogP contribution in [0.2, 0.25) is 5.02 Å². The number of carbonyl (C=O) groups excluding carboxylic acids is 1. The van der Waals surface area contributed by atoms with Gasteiger partial charge in [-0.25, -0.2) is 0 Å². The second kappa shape index (κ2) is 6.54. The molecule has 1 heterocycles. The Hall–Kier alpha value is -2.79. The van der Waals surface area contributed by atoms with Crippen LogP contribution in [0.25, 0.3) is 0 Å². The van der Waals surface area contributed by atoms with Crippen LogP contribution in [0.4, 0.5) is 5.69 Å². The van der Waals surface area contributed by atoms with Crippen molar-refractivity contribution in [1.29, 1.82) is 0 Å². The number of amides is 1. The summed E-state index contributed by atoms with van der Waals surface area (Å²) in [6.45, 7) is 1.73. The Morgan fingerprint density at radius 2 is 1.91 bits per heavy atom. The molecule has 1 N–H and O–H groups in total. The van der Waals surface area contributed by atoms with E-state index in [-0.39, 0.29) is 11.6 Å². The van der Waals surface area contributed by atoms with Crippen molar-refractivity contribution in [1.82, 2.24) is 5.16 Å². The minimum Gasteiger partial charge on any atom is -0.456 e. The predicted molar refractivity (Wildman–Crippen MR) is 87.2 cm³/mol. The quantitative estimate of drug-likeness (QED) is 0.755. The normalized spacial score (nSPS) is 10.3. The van der Waals surface area contributed by atoms with Crippen molar-refractivity contribution in [3.63, 3.8) is 0 Å². The summed E-state index contributed by atoms with van der Waals surface area (Å²) in [5, 5.41) is 6.93. The van der Waals surface area contributed by atoms with Gasteiger partial charge in [0, 0.05) is 11.8 Å². The van der Waals surface area contributed by atoms with E-state index in [0.717, 1.165) is 0 Å². The summed E-state index contributed by atoms with van der Waals surface area (Å²) in [6, 6.07) is 15.7. The van der Waals surface area contributed by atoms with Gasteiger partial charge >= 0.3 is 0 Å². The molecule has 0 aliphatic rings. The number of anilines is 1. The Bertz CT molecular complexity index is 828. The number of para-hydroxylation sites is 1. The fourth-order valence-corrected chi connectivity index (χ4v) is 2.10. The van der Waals surface area contributed by atoms with Crippen molar-refractivity contribution < 1.29 is 14.1 Å². The maximum Gasteiger partial charge on any atom is 0.277 e. The molecule has 0 unspecified atom stereocenters. The van der Waals surface area contributed by atoms with Gasteiger partial charge in [-0.2, -0.15) is 0 Å². The van der Waals surface area contributed by atoms with E-state index in [1.807, 2.05) is 12.1 Å². The van der Waals surface area contributed by atoms with Crippen LogP contribution in [0.5, 0.6) is 11.5 Å². The van der Waals surface area contributed by atoms with E-state index < -0.39 is 0 Å². The molecule has 0 radical (unpaired) electrons. The second-order valence-corrected chi connectivity index (χ2v) is 5.24. The second-order valence-electron chi connectivity index (χ2n) is 4.83. The molecule has 3 aromatic rings. The standard InChI is InChI=1S/C17H13ClN2O3/c1-11-10-15(20-23-11)17(21)19-12-6-8-13(9-7-12)22-16-5-3-2-4-14(16)18/h2-10H,1H3,(H,19,21). The minimum absolute atomic E-state index is 0.235. The average molecular weight is 329 g/mol. The van der Waals surface area contributed by atoms with Gasteiger partial charge in [0.1, 0.15) is 17.3 Å². The van der Waals surface area contributed by atoms with E-state index in [4.69, 9.17) is 20.9 Å². The molecule has 23 heavy (non-hydrogen) atoms. The summed E-state index contributed by atoms with van der Waals surface area (Å²) >= 11 is 6.05. The zero-order chi connectivity index (χ0) is 16.2. The van der Waals surface area contributed by atoms with Crippen LogP contribution in [-0.4, -0.2) is 11.1 Å². The van der Waals surface area contributed by atoms with E-state index in [1.165, 1.54) is 0 Å². The van der Waals surface area contributed by atoms with Crippen LogP contribution < -0.4 is 10.1 Å². The van der Waals surface area contributed by atoms with Gasteiger partial charge in [0.05, 0.1) is 5.02 Å². The number of aryl methyl sites for hydroxylation is 1. The van der Waals surface area contributed by atoms with E-state index >= 15 is 0 Å². The van der Waals surface area contributed by atoms with Crippen LogP contribution in [0, 0.1) is 6.92 Å². The number of halogens is 1. The summed E-state index contributed by atoms with van der Waals surface area (Å²) in [7, 11) is 0. The maximum absolute atomic E-state index is 12.0. The highest BCUT2D eigenvalue weighted by Crippen LogP contribution is 2.29. The zero-order valence-corrected chi connectivity index (χ0v) is 13.0. The maximum atomic E-state index is 12.0. The van der Waals surface area contributed by atoms with E-state index in [1.54, 1.807) is 49.4 Å². The molecule has 0 spiro atoms. The first-order chi connectivity index (χ1) is 11.1. The lowest BCUT2D eigenvalue weighted by molar-refractivity contribution is 0.101. The third-order valence-electron chi connectivity index (χ3n) is 3.04.